The lowest BCUT2D eigenvalue weighted by Crippen LogP contribution is -2.35. The van der Waals surface area contributed by atoms with Crippen LogP contribution in [0.25, 0.3) is 0 Å². The Balaban J connectivity index is 2.40. The Hall–Kier alpha value is -0.585. The maximum absolute atomic E-state index is 10.8. The van der Waals surface area contributed by atoms with Crippen molar-refractivity contribution in [1.29, 1.82) is 0 Å². The van der Waals surface area contributed by atoms with E-state index in [2.05, 4.69) is 0 Å². The highest BCUT2D eigenvalue weighted by Gasteiger charge is 2.34. The summed E-state index contributed by atoms with van der Waals surface area (Å²) in [7, 11) is -1.32. The summed E-state index contributed by atoms with van der Waals surface area (Å²) in [5.41, 5.74) is 0. The molecule has 0 amide bonds. The summed E-state index contributed by atoms with van der Waals surface area (Å²) in [6.45, 7) is 0. The molecule has 1 aliphatic carbocycles. The van der Waals surface area contributed by atoms with Gasteiger partial charge in [-0.3, -0.25) is 4.79 Å². The number of aliphatic hydroxyl groups is 1. The average Bonchev–Trinajstić information content (AvgIpc) is 2.16. The van der Waals surface area contributed by atoms with E-state index in [9.17, 15) is 9.90 Å². The molecule has 1 saturated carbocycles. The fourth-order valence-corrected chi connectivity index (χ4v) is 2.15. The molecule has 0 aliphatic heterocycles. The van der Waals surface area contributed by atoms with E-state index in [0.717, 1.165) is 6.42 Å². The van der Waals surface area contributed by atoms with Crippen LogP contribution in [0.2, 0.25) is 6.32 Å². The van der Waals surface area contributed by atoms with E-state index < -0.39 is 25.1 Å². The Bertz CT molecular complexity index is 221. The van der Waals surface area contributed by atoms with Crippen molar-refractivity contribution >= 4 is 13.1 Å². The van der Waals surface area contributed by atoms with Gasteiger partial charge in [0.1, 0.15) is 0 Å². The minimum Gasteiger partial charge on any atom is -0.481 e. The van der Waals surface area contributed by atoms with E-state index >= 15 is 0 Å². The van der Waals surface area contributed by atoms with Crippen molar-refractivity contribution in [2.45, 2.75) is 38.1 Å². The quantitative estimate of drug-likeness (QED) is 0.484. The lowest BCUT2D eigenvalue weighted by Gasteiger charge is -2.30. The third-order valence-corrected chi connectivity index (χ3v) is 3.07. The summed E-state index contributed by atoms with van der Waals surface area (Å²) < 4.78 is 0. The van der Waals surface area contributed by atoms with Gasteiger partial charge in [-0.1, -0.05) is 6.42 Å². The first kappa shape index (κ1) is 12.5. The molecule has 1 rings (SSSR count). The molecule has 0 saturated heterocycles. The summed E-state index contributed by atoms with van der Waals surface area (Å²) >= 11 is 0. The van der Waals surface area contributed by atoms with Crippen LogP contribution in [-0.4, -0.2) is 39.5 Å². The number of aliphatic carboxylic acids is 1. The van der Waals surface area contributed by atoms with Crippen LogP contribution in [0.4, 0.5) is 0 Å². The summed E-state index contributed by atoms with van der Waals surface area (Å²) in [5, 5.41) is 35.7. The van der Waals surface area contributed by atoms with Gasteiger partial charge in [0.2, 0.25) is 0 Å². The van der Waals surface area contributed by atoms with E-state index in [-0.39, 0.29) is 12.2 Å². The Labute approximate surface area is 88.9 Å². The molecule has 5 nitrogen and oxygen atoms in total. The van der Waals surface area contributed by atoms with Gasteiger partial charge in [-0.05, 0) is 31.5 Å². The van der Waals surface area contributed by atoms with Gasteiger partial charge in [-0.15, -0.1) is 0 Å². The van der Waals surface area contributed by atoms with Crippen molar-refractivity contribution in [2.75, 3.05) is 0 Å². The minimum atomic E-state index is -1.32. The van der Waals surface area contributed by atoms with Crippen LogP contribution in [0.3, 0.4) is 0 Å². The number of hydrogen-bond acceptors (Lipinski definition) is 4. The second kappa shape index (κ2) is 5.49. The van der Waals surface area contributed by atoms with Crippen molar-refractivity contribution in [3.8, 4) is 0 Å². The third-order valence-electron chi connectivity index (χ3n) is 3.07. The van der Waals surface area contributed by atoms with Crippen LogP contribution in [0.1, 0.15) is 25.7 Å². The van der Waals surface area contributed by atoms with Gasteiger partial charge in [-0.25, -0.2) is 0 Å². The number of carboxylic acids is 1. The Morgan fingerprint density at radius 2 is 2.00 bits per heavy atom. The molecule has 0 heterocycles. The lowest BCUT2D eigenvalue weighted by molar-refractivity contribution is -0.148. The predicted molar refractivity (Wildman–Crippen MR) is 54.1 cm³/mol. The standard InChI is InChI=1S/C9H17BO5/c11-8-2-1-6(3-4-10(14)15)5-7(8)9(12)13/h6-8,11,14-15H,1-5H2,(H,12,13)/t6-,7-,8-/m0/s1. The number of carbonyl (C=O) groups is 1. The average molecular weight is 216 g/mol. The zero-order valence-electron chi connectivity index (χ0n) is 8.54. The van der Waals surface area contributed by atoms with E-state index in [1.165, 1.54) is 0 Å². The smallest absolute Gasteiger partial charge is 0.451 e. The Kier molecular flexibility index (Phi) is 4.57. The van der Waals surface area contributed by atoms with Crippen LogP contribution < -0.4 is 0 Å². The summed E-state index contributed by atoms with van der Waals surface area (Å²) in [5.74, 6) is -1.48. The van der Waals surface area contributed by atoms with Crippen molar-refractivity contribution in [3.05, 3.63) is 0 Å². The van der Waals surface area contributed by atoms with Gasteiger partial charge < -0.3 is 20.3 Å². The normalized spacial score (nSPS) is 31.3. The lowest BCUT2D eigenvalue weighted by atomic mass is 9.73. The maximum Gasteiger partial charge on any atom is 0.451 e. The van der Waals surface area contributed by atoms with Crippen molar-refractivity contribution in [2.24, 2.45) is 11.8 Å². The second-order valence-corrected chi connectivity index (χ2v) is 4.25. The fourth-order valence-electron chi connectivity index (χ4n) is 2.15. The van der Waals surface area contributed by atoms with Gasteiger partial charge >= 0.3 is 13.1 Å². The molecule has 0 spiro atoms. The second-order valence-electron chi connectivity index (χ2n) is 4.25. The molecule has 15 heavy (non-hydrogen) atoms. The Morgan fingerprint density at radius 3 is 2.53 bits per heavy atom. The van der Waals surface area contributed by atoms with Crippen LogP contribution >= 0.6 is 0 Å². The minimum absolute atomic E-state index is 0.177. The SMILES string of the molecule is O=C(O)[C@H]1C[C@H](CCB(O)O)CC[C@@H]1O. The molecule has 6 heteroatoms. The first-order valence-electron chi connectivity index (χ1n) is 5.27. The summed E-state index contributed by atoms with van der Waals surface area (Å²) in [6, 6.07) is 0. The van der Waals surface area contributed by atoms with Gasteiger partial charge in [-0.2, -0.15) is 0 Å². The molecule has 3 atom stereocenters. The molecular formula is C9H17BO5. The zero-order valence-corrected chi connectivity index (χ0v) is 8.54. The van der Waals surface area contributed by atoms with Crippen LogP contribution in [0, 0.1) is 11.8 Å². The highest BCUT2D eigenvalue weighted by Crippen LogP contribution is 2.32. The first-order chi connectivity index (χ1) is 7.00. The molecule has 86 valence electrons. The highest BCUT2D eigenvalue weighted by molar-refractivity contribution is 6.40. The molecule has 1 fully saturated rings. The molecule has 0 aromatic heterocycles. The topological polar surface area (TPSA) is 98.0 Å². The molecule has 0 radical (unpaired) electrons. The summed E-state index contributed by atoms with van der Waals surface area (Å²) in [4.78, 5) is 10.8. The van der Waals surface area contributed by atoms with Crippen LogP contribution in [-0.2, 0) is 4.79 Å². The van der Waals surface area contributed by atoms with Gasteiger partial charge in [0, 0.05) is 0 Å². The molecular weight excluding hydrogens is 199 g/mol. The first-order valence-corrected chi connectivity index (χ1v) is 5.27. The van der Waals surface area contributed by atoms with Crippen molar-refractivity contribution in [3.63, 3.8) is 0 Å². The number of hydrogen-bond donors (Lipinski definition) is 4. The molecule has 0 aromatic carbocycles. The molecule has 0 bridgehead atoms. The molecule has 1 aliphatic rings. The summed E-state index contributed by atoms with van der Waals surface area (Å²) in [6.07, 6.45) is 1.81. The van der Waals surface area contributed by atoms with E-state index in [1.807, 2.05) is 0 Å². The monoisotopic (exact) mass is 216 g/mol. The highest BCUT2D eigenvalue weighted by atomic mass is 16.4. The third kappa shape index (κ3) is 3.81. The van der Waals surface area contributed by atoms with Crippen molar-refractivity contribution in [1.82, 2.24) is 0 Å². The largest absolute Gasteiger partial charge is 0.481 e. The number of aliphatic hydroxyl groups excluding tert-OH is 1. The van der Waals surface area contributed by atoms with Crippen LogP contribution in [0.5, 0.6) is 0 Å². The Morgan fingerprint density at radius 1 is 1.33 bits per heavy atom. The predicted octanol–water partition coefficient (Wildman–Crippen LogP) is -0.289. The van der Waals surface area contributed by atoms with Crippen LogP contribution in [0.15, 0.2) is 0 Å². The molecule has 0 aromatic rings. The molecule has 4 N–H and O–H groups in total. The van der Waals surface area contributed by atoms with E-state index in [0.29, 0.717) is 19.3 Å². The fraction of sp³-hybridized carbons (Fsp3) is 0.889. The van der Waals surface area contributed by atoms with Gasteiger partial charge in [0.25, 0.3) is 0 Å². The number of rotatable bonds is 4. The van der Waals surface area contributed by atoms with Crippen molar-refractivity contribution < 1.29 is 25.1 Å². The van der Waals surface area contributed by atoms with Gasteiger partial charge in [0.15, 0.2) is 0 Å². The molecule has 0 unspecified atom stereocenters. The maximum atomic E-state index is 10.8. The van der Waals surface area contributed by atoms with Gasteiger partial charge in [0.05, 0.1) is 12.0 Å². The van der Waals surface area contributed by atoms with E-state index in [4.69, 9.17) is 15.2 Å². The van der Waals surface area contributed by atoms with E-state index in [1.54, 1.807) is 0 Å². The zero-order chi connectivity index (χ0) is 11.4. The number of carboxylic acid groups (broad SMARTS) is 1.